The lowest BCUT2D eigenvalue weighted by atomic mass is 10.2. The van der Waals surface area contributed by atoms with Gasteiger partial charge in [0.05, 0.1) is 11.4 Å². The fourth-order valence-corrected chi connectivity index (χ4v) is 1.83. The molecule has 0 spiro atoms. The molecule has 1 aromatic rings. The van der Waals surface area contributed by atoms with Crippen molar-refractivity contribution in [1.82, 2.24) is 9.88 Å². The summed E-state index contributed by atoms with van der Waals surface area (Å²) in [5.41, 5.74) is 7.76. The summed E-state index contributed by atoms with van der Waals surface area (Å²) in [6.07, 6.45) is 6.79. The lowest BCUT2D eigenvalue weighted by Crippen LogP contribution is -2.26. The van der Waals surface area contributed by atoms with Crippen LogP contribution in [0.15, 0.2) is 18.3 Å². The molecule has 1 aromatic heterocycles. The first-order chi connectivity index (χ1) is 8.27. The van der Waals surface area contributed by atoms with Crippen molar-refractivity contribution in [2.75, 3.05) is 18.8 Å². The fraction of sp³-hybridized carbons (Fsp3) is 0.643. The molecule has 0 atom stereocenters. The molecular formula is C14H25N3. The average molecular weight is 235 g/mol. The Labute approximate surface area is 105 Å². The predicted molar refractivity (Wildman–Crippen MR) is 73.7 cm³/mol. The summed E-state index contributed by atoms with van der Waals surface area (Å²) >= 11 is 0. The van der Waals surface area contributed by atoms with Crippen molar-refractivity contribution in [1.29, 1.82) is 0 Å². The van der Waals surface area contributed by atoms with Gasteiger partial charge in [-0.2, -0.15) is 0 Å². The summed E-state index contributed by atoms with van der Waals surface area (Å²) in [6.45, 7) is 7.63. The Bertz CT molecular complexity index is 304. The molecule has 0 amide bonds. The number of nitrogen functional groups attached to an aromatic ring is 1. The zero-order valence-electron chi connectivity index (χ0n) is 11.2. The highest BCUT2D eigenvalue weighted by Gasteiger charge is 2.07. The van der Waals surface area contributed by atoms with Crippen LogP contribution < -0.4 is 5.73 Å². The Hall–Kier alpha value is -1.09. The number of unbranched alkanes of at least 4 members (excludes halogenated alkanes) is 2. The summed E-state index contributed by atoms with van der Waals surface area (Å²) in [7, 11) is 0. The second-order valence-corrected chi connectivity index (χ2v) is 4.52. The molecule has 0 bridgehead atoms. The molecule has 1 rings (SSSR count). The Morgan fingerprint density at radius 3 is 2.35 bits per heavy atom. The van der Waals surface area contributed by atoms with Gasteiger partial charge in [0, 0.05) is 12.7 Å². The van der Waals surface area contributed by atoms with Crippen molar-refractivity contribution in [3.8, 4) is 0 Å². The monoisotopic (exact) mass is 235 g/mol. The third kappa shape index (κ3) is 5.18. The Morgan fingerprint density at radius 2 is 1.82 bits per heavy atom. The van der Waals surface area contributed by atoms with Crippen LogP contribution in [0.25, 0.3) is 0 Å². The molecule has 3 heteroatoms. The van der Waals surface area contributed by atoms with E-state index in [1.54, 1.807) is 0 Å². The molecule has 17 heavy (non-hydrogen) atoms. The number of hydrogen-bond acceptors (Lipinski definition) is 3. The van der Waals surface area contributed by atoms with Gasteiger partial charge in [0.1, 0.15) is 0 Å². The van der Waals surface area contributed by atoms with Gasteiger partial charge in [-0.05, 0) is 38.1 Å². The number of aromatic nitrogens is 1. The first kappa shape index (κ1) is 14.0. The van der Waals surface area contributed by atoms with E-state index in [9.17, 15) is 0 Å². The maximum atomic E-state index is 5.94. The first-order valence-electron chi connectivity index (χ1n) is 6.69. The Kier molecular flexibility index (Phi) is 6.63. The van der Waals surface area contributed by atoms with Crippen LogP contribution >= 0.6 is 0 Å². The maximum Gasteiger partial charge on any atom is 0.0772 e. The predicted octanol–water partition coefficient (Wildman–Crippen LogP) is 3.07. The largest absolute Gasteiger partial charge is 0.397 e. The highest BCUT2D eigenvalue weighted by Crippen LogP contribution is 2.11. The zero-order valence-corrected chi connectivity index (χ0v) is 11.2. The smallest absolute Gasteiger partial charge is 0.0772 e. The van der Waals surface area contributed by atoms with Gasteiger partial charge in [0.25, 0.3) is 0 Å². The van der Waals surface area contributed by atoms with Crippen molar-refractivity contribution >= 4 is 5.69 Å². The lowest BCUT2D eigenvalue weighted by Gasteiger charge is -2.22. The van der Waals surface area contributed by atoms with Gasteiger partial charge in [-0.15, -0.1) is 0 Å². The molecule has 1 heterocycles. The number of hydrogen-bond donors (Lipinski definition) is 1. The normalized spacial score (nSPS) is 11.0. The van der Waals surface area contributed by atoms with Gasteiger partial charge in [-0.3, -0.25) is 9.88 Å². The van der Waals surface area contributed by atoms with Crippen molar-refractivity contribution in [2.45, 2.75) is 46.1 Å². The highest BCUT2D eigenvalue weighted by atomic mass is 15.1. The van der Waals surface area contributed by atoms with Gasteiger partial charge in [0.2, 0.25) is 0 Å². The van der Waals surface area contributed by atoms with E-state index in [1.165, 1.54) is 25.7 Å². The van der Waals surface area contributed by atoms with E-state index in [0.717, 1.165) is 31.0 Å². The van der Waals surface area contributed by atoms with E-state index in [0.29, 0.717) is 0 Å². The number of anilines is 1. The summed E-state index contributed by atoms with van der Waals surface area (Å²) in [5.74, 6) is 0. The van der Waals surface area contributed by atoms with Crippen LogP contribution in [0.2, 0.25) is 0 Å². The molecule has 0 aliphatic heterocycles. The zero-order chi connectivity index (χ0) is 12.5. The molecular weight excluding hydrogens is 210 g/mol. The summed E-state index contributed by atoms with van der Waals surface area (Å²) in [4.78, 5) is 6.83. The molecule has 0 saturated carbocycles. The van der Waals surface area contributed by atoms with Gasteiger partial charge in [-0.25, -0.2) is 0 Å². The van der Waals surface area contributed by atoms with E-state index in [2.05, 4.69) is 23.7 Å². The van der Waals surface area contributed by atoms with E-state index in [1.807, 2.05) is 18.3 Å². The molecule has 0 unspecified atom stereocenters. The minimum absolute atomic E-state index is 0.811. The number of nitrogens with two attached hydrogens (primary N) is 1. The second kappa shape index (κ2) is 8.07. The molecule has 96 valence electrons. The molecule has 0 aliphatic rings. The highest BCUT2D eigenvalue weighted by molar-refractivity contribution is 5.41. The van der Waals surface area contributed by atoms with Crippen molar-refractivity contribution in [2.24, 2.45) is 0 Å². The molecule has 2 N–H and O–H groups in total. The van der Waals surface area contributed by atoms with Crippen LogP contribution in [0.4, 0.5) is 5.69 Å². The summed E-state index contributed by atoms with van der Waals surface area (Å²) < 4.78 is 0. The SMILES string of the molecule is CCCCN(CCCC)Cc1ncccc1N. The van der Waals surface area contributed by atoms with Gasteiger partial charge in [0.15, 0.2) is 0 Å². The van der Waals surface area contributed by atoms with Crippen molar-refractivity contribution in [3.05, 3.63) is 24.0 Å². The van der Waals surface area contributed by atoms with Crippen LogP contribution in [-0.4, -0.2) is 23.0 Å². The summed E-state index contributed by atoms with van der Waals surface area (Å²) in [5, 5.41) is 0. The van der Waals surface area contributed by atoms with Crippen LogP contribution in [0, 0.1) is 0 Å². The topological polar surface area (TPSA) is 42.2 Å². The fourth-order valence-electron chi connectivity index (χ4n) is 1.83. The minimum atomic E-state index is 0.811. The number of rotatable bonds is 8. The minimum Gasteiger partial charge on any atom is -0.397 e. The molecule has 3 nitrogen and oxygen atoms in total. The van der Waals surface area contributed by atoms with E-state index < -0.39 is 0 Å². The third-order valence-electron chi connectivity index (χ3n) is 2.95. The maximum absolute atomic E-state index is 5.94. The number of nitrogens with zero attached hydrogens (tertiary/aromatic N) is 2. The molecule has 0 radical (unpaired) electrons. The van der Waals surface area contributed by atoms with E-state index >= 15 is 0 Å². The first-order valence-corrected chi connectivity index (χ1v) is 6.69. The van der Waals surface area contributed by atoms with Gasteiger partial charge in [-0.1, -0.05) is 26.7 Å². The van der Waals surface area contributed by atoms with Gasteiger partial charge < -0.3 is 5.73 Å². The average Bonchev–Trinajstić information content (AvgIpc) is 2.35. The quantitative estimate of drug-likeness (QED) is 0.753. The van der Waals surface area contributed by atoms with Crippen LogP contribution in [0.1, 0.15) is 45.2 Å². The van der Waals surface area contributed by atoms with Crippen molar-refractivity contribution in [3.63, 3.8) is 0 Å². The van der Waals surface area contributed by atoms with E-state index in [4.69, 9.17) is 5.73 Å². The van der Waals surface area contributed by atoms with Crippen LogP contribution in [0.5, 0.6) is 0 Å². The standard InChI is InChI=1S/C14H25N3/c1-3-5-10-17(11-6-4-2)12-14-13(15)8-7-9-16-14/h7-9H,3-6,10-12,15H2,1-2H3. The van der Waals surface area contributed by atoms with Crippen molar-refractivity contribution < 1.29 is 0 Å². The Balaban J connectivity index is 2.55. The van der Waals surface area contributed by atoms with E-state index in [-0.39, 0.29) is 0 Å². The number of pyridine rings is 1. The molecule has 0 fully saturated rings. The van der Waals surface area contributed by atoms with Gasteiger partial charge >= 0.3 is 0 Å². The second-order valence-electron chi connectivity index (χ2n) is 4.52. The summed E-state index contributed by atoms with van der Waals surface area (Å²) in [6, 6.07) is 3.82. The third-order valence-corrected chi connectivity index (χ3v) is 2.95. The Morgan fingerprint density at radius 1 is 1.18 bits per heavy atom. The molecule has 0 aliphatic carbocycles. The lowest BCUT2D eigenvalue weighted by molar-refractivity contribution is 0.254. The molecule has 0 saturated heterocycles. The van der Waals surface area contributed by atoms with Crippen LogP contribution in [-0.2, 0) is 6.54 Å². The molecule has 0 aromatic carbocycles. The van der Waals surface area contributed by atoms with Crippen LogP contribution in [0.3, 0.4) is 0 Å².